The van der Waals surface area contributed by atoms with Crippen molar-refractivity contribution in [3.05, 3.63) is 45.6 Å². The molecule has 3 atom stereocenters. The number of thiophene rings is 1. The lowest BCUT2D eigenvalue weighted by molar-refractivity contribution is 0.0449. The van der Waals surface area contributed by atoms with Gasteiger partial charge in [-0.25, -0.2) is 9.97 Å². The van der Waals surface area contributed by atoms with Crippen molar-refractivity contribution in [2.75, 3.05) is 23.7 Å². The first-order chi connectivity index (χ1) is 16.9. The van der Waals surface area contributed by atoms with E-state index in [4.69, 9.17) is 21.2 Å². The number of amides is 1. The number of nitrogens with zero attached hydrogens (tertiary/aromatic N) is 3. The van der Waals surface area contributed by atoms with Gasteiger partial charge in [0.05, 0.1) is 23.9 Å². The Hall–Kier alpha value is -2.75. The molecule has 9 heteroatoms. The first-order valence-corrected chi connectivity index (χ1v) is 13.3. The molecule has 1 aliphatic heterocycles. The number of nitrogens with two attached hydrogens (primary N) is 2. The lowest BCUT2D eigenvalue weighted by Crippen LogP contribution is -2.39. The standard InChI is InChI=1S/C26H32N6O2S/c1-13-9-14(2)29-26-22(13)23(28)24(35-26)25(33)30-16-4-7-19-15(10-16)3-8-21(31-19)32-11-18(27)20(12-32)34-17-5-6-17/h3,8-9,16-18,20H,4-7,10-12,27-28H2,1-2H3,(H,30,33). The molecule has 2 fully saturated rings. The number of nitrogen functional groups attached to an aromatic ring is 1. The molecule has 4 heterocycles. The number of nitrogens with one attached hydrogen (secondary N) is 1. The van der Waals surface area contributed by atoms with Gasteiger partial charge in [-0.05, 0) is 69.2 Å². The zero-order chi connectivity index (χ0) is 24.3. The van der Waals surface area contributed by atoms with Crippen molar-refractivity contribution >= 4 is 39.0 Å². The van der Waals surface area contributed by atoms with E-state index < -0.39 is 0 Å². The zero-order valence-electron chi connectivity index (χ0n) is 20.2. The maximum Gasteiger partial charge on any atom is 0.263 e. The number of hydrogen-bond acceptors (Lipinski definition) is 8. The quantitative estimate of drug-likeness (QED) is 0.501. The van der Waals surface area contributed by atoms with Crippen molar-refractivity contribution in [1.29, 1.82) is 0 Å². The number of carbonyl (C=O) groups excluding carboxylic acids is 1. The SMILES string of the molecule is Cc1cc(C)c2c(N)c(C(=O)NC3CCc4nc(N5CC(N)C(OC6CC6)C5)ccc4C3)sc2n1. The monoisotopic (exact) mass is 492 g/mol. The highest BCUT2D eigenvalue weighted by molar-refractivity contribution is 7.21. The number of aryl methyl sites for hydroxylation is 3. The van der Waals surface area contributed by atoms with Crippen LogP contribution in [-0.4, -0.2) is 53.3 Å². The van der Waals surface area contributed by atoms with Gasteiger partial charge >= 0.3 is 0 Å². The van der Waals surface area contributed by atoms with E-state index in [-0.39, 0.29) is 24.1 Å². The number of rotatable bonds is 5. The smallest absolute Gasteiger partial charge is 0.263 e. The topological polar surface area (TPSA) is 119 Å². The van der Waals surface area contributed by atoms with Gasteiger partial charge in [-0.2, -0.15) is 0 Å². The van der Waals surface area contributed by atoms with Gasteiger partial charge < -0.3 is 26.4 Å². The second-order valence-corrected chi connectivity index (χ2v) is 11.2. The number of anilines is 2. The molecule has 0 radical (unpaired) electrons. The fourth-order valence-corrected chi connectivity index (χ4v) is 6.49. The second-order valence-electron chi connectivity index (χ2n) is 10.2. The molecule has 3 unspecified atom stereocenters. The molecular weight excluding hydrogens is 460 g/mol. The fourth-order valence-electron chi connectivity index (χ4n) is 5.37. The molecule has 6 rings (SSSR count). The Morgan fingerprint density at radius 3 is 2.83 bits per heavy atom. The van der Waals surface area contributed by atoms with E-state index in [1.165, 1.54) is 16.9 Å². The van der Waals surface area contributed by atoms with Crippen LogP contribution in [0.4, 0.5) is 11.5 Å². The minimum absolute atomic E-state index is 0.0252. The van der Waals surface area contributed by atoms with Crippen molar-refractivity contribution in [3.63, 3.8) is 0 Å². The average Bonchev–Trinajstić information content (AvgIpc) is 3.47. The first kappa shape index (κ1) is 22.7. The van der Waals surface area contributed by atoms with E-state index in [0.717, 1.165) is 78.2 Å². The van der Waals surface area contributed by atoms with Crippen molar-refractivity contribution in [2.24, 2.45) is 5.73 Å². The Bertz CT molecular complexity index is 1300. The molecule has 3 aromatic heterocycles. The first-order valence-electron chi connectivity index (χ1n) is 12.5. The molecule has 35 heavy (non-hydrogen) atoms. The number of fused-ring (bicyclic) bond motifs is 2. The highest BCUT2D eigenvalue weighted by Crippen LogP contribution is 2.35. The summed E-state index contributed by atoms with van der Waals surface area (Å²) in [5.41, 5.74) is 17.5. The van der Waals surface area contributed by atoms with Crippen LogP contribution in [0.3, 0.4) is 0 Å². The molecule has 1 saturated heterocycles. The lowest BCUT2D eigenvalue weighted by atomic mass is 9.91. The zero-order valence-corrected chi connectivity index (χ0v) is 21.0. The third kappa shape index (κ3) is 4.37. The van der Waals surface area contributed by atoms with E-state index in [9.17, 15) is 4.79 Å². The van der Waals surface area contributed by atoms with Gasteiger partial charge in [-0.3, -0.25) is 4.79 Å². The van der Waals surface area contributed by atoms with Crippen LogP contribution in [0.15, 0.2) is 18.2 Å². The number of hydrogen-bond donors (Lipinski definition) is 3. The van der Waals surface area contributed by atoms with Crippen molar-refractivity contribution in [1.82, 2.24) is 15.3 Å². The summed E-state index contributed by atoms with van der Waals surface area (Å²) in [7, 11) is 0. The molecule has 1 amide bonds. The summed E-state index contributed by atoms with van der Waals surface area (Å²) < 4.78 is 6.08. The van der Waals surface area contributed by atoms with E-state index in [1.807, 2.05) is 19.9 Å². The maximum absolute atomic E-state index is 13.1. The third-order valence-corrected chi connectivity index (χ3v) is 8.44. The molecule has 0 bridgehead atoms. The van der Waals surface area contributed by atoms with Crippen LogP contribution >= 0.6 is 11.3 Å². The summed E-state index contributed by atoms with van der Waals surface area (Å²) in [5.74, 6) is 0.855. The molecule has 3 aromatic rings. The number of ether oxygens (including phenoxy) is 1. The Labute approximate surface area is 209 Å². The molecule has 0 spiro atoms. The van der Waals surface area contributed by atoms with E-state index >= 15 is 0 Å². The summed E-state index contributed by atoms with van der Waals surface area (Å²) >= 11 is 1.37. The summed E-state index contributed by atoms with van der Waals surface area (Å²) in [4.78, 5) is 26.3. The van der Waals surface area contributed by atoms with Crippen LogP contribution in [0.25, 0.3) is 10.2 Å². The normalized spacial score (nSPS) is 24.1. The number of carbonyl (C=O) groups is 1. The largest absolute Gasteiger partial charge is 0.397 e. The van der Waals surface area contributed by atoms with Crippen LogP contribution in [0, 0.1) is 13.8 Å². The van der Waals surface area contributed by atoms with Crippen LogP contribution in [0.2, 0.25) is 0 Å². The summed E-state index contributed by atoms with van der Waals surface area (Å²) in [6.45, 7) is 5.54. The number of aromatic nitrogens is 2. The van der Waals surface area contributed by atoms with Gasteiger partial charge in [0.1, 0.15) is 15.5 Å². The van der Waals surface area contributed by atoms with Gasteiger partial charge in [-0.1, -0.05) is 6.07 Å². The maximum atomic E-state index is 13.1. The van der Waals surface area contributed by atoms with Crippen molar-refractivity contribution in [3.8, 4) is 0 Å². The Balaban J connectivity index is 1.13. The predicted octanol–water partition coefficient (Wildman–Crippen LogP) is 2.87. The average molecular weight is 493 g/mol. The van der Waals surface area contributed by atoms with Gasteiger partial charge in [0.15, 0.2) is 0 Å². The van der Waals surface area contributed by atoms with Gasteiger partial charge in [0.2, 0.25) is 0 Å². The lowest BCUT2D eigenvalue weighted by Gasteiger charge is -2.26. The molecular formula is C26H32N6O2S. The predicted molar refractivity (Wildman–Crippen MR) is 139 cm³/mol. The Kier molecular flexibility index (Phi) is 5.66. The third-order valence-electron chi connectivity index (χ3n) is 7.34. The molecule has 0 aromatic carbocycles. The van der Waals surface area contributed by atoms with E-state index in [2.05, 4.69) is 27.3 Å². The molecule has 2 aliphatic carbocycles. The molecule has 184 valence electrons. The highest BCUT2D eigenvalue weighted by Gasteiger charge is 2.36. The number of pyridine rings is 2. The van der Waals surface area contributed by atoms with Gasteiger partial charge in [0, 0.05) is 35.9 Å². The Morgan fingerprint density at radius 2 is 2.03 bits per heavy atom. The van der Waals surface area contributed by atoms with Crippen LogP contribution in [-0.2, 0) is 17.6 Å². The van der Waals surface area contributed by atoms with Crippen molar-refractivity contribution < 1.29 is 9.53 Å². The van der Waals surface area contributed by atoms with Crippen molar-refractivity contribution in [2.45, 2.75) is 70.2 Å². The van der Waals surface area contributed by atoms with Crippen LogP contribution < -0.4 is 21.7 Å². The van der Waals surface area contributed by atoms with Crippen LogP contribution in [0.5, 0.6) is 0 Å². The summed E-state index contributed by atoms with van der Waals surface area (Å²) in [6.07, 6.45) is 5.25. The Morgan fingerprint density at radius 1 is 1.20 bits per heavy atom. The van der Waals surface area contributed by atoms with E-state index in [1.54, 1.807) is 0 Å². The molecule has 5 N–H and O–H groups in total. The summed E-state index contributed by atoms with van der Waals surface area (Å²) in [6, 6.07) is 6.32. The summed E-state index contributed by atoms with van der Waals surface area (Å²) in [5, 5.41) is 4.10. The van der Waals surface area contributed by atoms with Gasteiger partial charge in [0.25, 0.3) is 5.91 Å². The van der Waals surface area contributed by atoms with Gasteiger partial charge in [-0.15, -0.1) is 11.3 Å². The second kappa shape index (κ2) is 8.72. The molecule has 8 nitrogen and oxygen atoms in total. The highest BCUT2D eigenvalue weighted by atomic mass is 32.1. The fraction of sp³-hybridized carbons (Fsp3) is 0.500. The van der Waals surface area contributed by atoms with Crippen LogP contribution in [0.1, 0.15) is 51.4 Å². The minimum Gasteiger partial charge on any atom is -0.397 e. The van der Waals surface area contributed by atoms with E-state index in [0.29, 0.717) is 16.7 Å². The molecule has 3 aliphatic rings. The minimum atomic E-state index is -0.117. The molecule has 1 saturated carbocycles.